The Hall–Kier alpha value is 0. The Balaban J connectivity index is -0.0000000610. The molecule has 0 heteroatoms. The summed E-state index contributed by atoms with van der Waals surface area (Å²) >= 11 is 0. The van der Waals surface area contributed by atoms with E-state index in [1.165, 1.54) is 12.8 Å². The first kappa shape index (κ1) is 24.3. The lowest BCUT2D eigenvalue weighted by Gasteiger charge is -2.12. The molecular weight excluding hydrogens is 180 g/mol. The molecule has 0 amide bonds. The highest BCUT2D eigenvalue weighted by molar-refractivity contribution is 4.55. The van der Waals surface area contributed by atoms with Crippen molar-refractivity contribution < 1.29 is 0 Å². The van der Waals surface area contributed by atoms with Gasteiger partial charge >= 0.3 is 0 Å². The second kappa shape index (κ2) is 19.6. The van der Waals surface area contributed by atoms with Crippen LogP contribution < -0.4 is 0 Å². The maximum absolute atomic E-state index is 2.24. The average molecular weight is 218 g/mol. The summed E-state index contributed by atoms with van der Waals surface area (Å²) < 4.78 is 0. The van der Waals surface area contributed by atoms with Crippen LogP contribution in [0.15, 0.2) is 0 Å². The normalized spacial score (nSPS) is 8.80. The van der Waals surface area contributed by atoms with Gasteiger partial charge in [-0.3, -0.25) is 0 Å². The molecule has 0 aromatic rings. The van der Waals surface area contributed by atoms with Gasteiger partial charge in [-0.25, -0.2) is 0 Å². The van der Waals surface area contributed by atoms with Gasteiger partial charge in [0.15, 0.2) is 0 Å². The second-order valence-electron chi connectivity index (χ2n) is 4.72. The van der Waals surface area contributed by atoms with Gasteiger partial charge in [0.2, 0.25) is 0 Å². The Labute approximate surface area is 101 Å². The molecule has 15 heavy (non-hydrogen) atoms. The Morgan fingerprint density at radius 3 is 0.933 bits per heavy atom. The molecule has 0 aromatic heterocycles. The molecule has 0 atom stereocenters. The summed E-state index contributed by atoms with van der Waals surface area (Å²) in [4.78, 5) is 0. The molecule has 0 aliphatic carbocycles. The molecule has 0 rings (SSSR count). The molecule has 0 heterocycles. The smallest absolute Gasteiger partial charge is 0.0385 e. The van der Waals surface area contributed by atoms with Crippen LogP contribution in [-0.2, 0) is 0 Å². The van der Waals surface area contributed by atoms with Crippen LogP contribution >= 0.6 is 0 Å². The minimum atomic E-state index is 0.542. The zero-order chi connectivity index (χ0) is 13.5. The zero-order valence-electron chi connectivity index (χ0n) is 13.5. The molecule has 0 saturated heterocycles. The average Bonchev–Trinajstić information content (AvgIpc) is 2.23. The monoisotopic (exact) mass is 218 g/mol. The first-order chi connectivity index (χ1) is 6.83. The van der Waals surface area contributed by atoms with Crippen LogP contribution in [0, 0.1) is 11.3 Å². The molecule has 0 unspecified atom stereocenters. The topological polar surface area (TPSA) is 0 Å². The zero-order valence-corrected chi connectivity index (χ0v) is 13.5. The van der Waals surface area contributed by atoms with Crippen LogP contribution in [0.1, 0.15) is 89.0 Å². The van der Waals surface area contributed by atoms with Crippen molar-refractivity contribution >= 4 is 0 Å². The first-order valence-corrected chi connectivity index (χ1v) is 6.83. The highest BCUT2D eigenvalue weighted by atomic mass is 14.1. The van der Waals surface area contributed by atoms with Crippen LogP contribution in [-0.4, -0.2) is 0 Å². The molecule has 0 bridgehead atoms. The maximum Gasteiger partial charge on any atom is -0.0385 e. The molecular formula is C15H38. The lowest BCUT2D eigenvalue weighted by molar-refractivity contribution is 0.398. The van der Waals surface area contributed by atoms with Crippen molar-refractivity contribution in [2.45, 2.75) is 89.0 Å². The van der Waals surface area contributed by atoms with Gasteiger partial charge in [-0.2, -0.15) is 0 Å². The van der Waals surface area contributed by atoms with Crippen molar-refractivity contribution in [3.05, 3.63) is 0 Å². The van der Waals surface area contributed by atoms with Gasteiger partial charge in [0.1, 0.15) is 0 Å². The van der Waals surface area contributed by atoms with Crippen LogP contribution in [0.2, 0.25) is 0 Å². The van der Waals surface area contributed by atoms with Crippen molar-refractivity contribution in [1.29, 1.82) is 0 Å². The molecule has 0 saturated carbocycles. The molecule has 0 nitrogen and oxygen atoms in total. The molecule has 0 spiro atoms. The molecule has 0 radical (unpaired) electrons. The van der Waals surface area contributed by atoms with E-state index in [1.807, 2.05) is 27.7 Å². The van der Waals surface area contributed by atoms with E-state index in [2.05, 4.69) is 48.5 Å². The minimum absolute atomic E-state index is 0.542. The largest absolute Gasteiger partial charge is 0.0683 e. The highest BCUT2D eigenvalue weighted by Gasteiger charge is 2.03. The first-order valence-electron chi connectivity index (χ1n) is 6.83. The van der Waals surface area contributed by atoms with Gasteiger partial charge in [0.05, 0.1) is 0 Å². The summed E-state index contributed by atoms with van der Waals surface area (Å²) in [6.07, 6.45) is 2.58. The van der Waals surface area contributed by atoms with Crippen LogP contribution in [0.4, 0.5) is 0 Å². The van der Waals surface area contributed by atoms with E-state index >= 15 is 0 Å². The lowest BCUT2D eigenvalue weighted by atomic mass is 9.94. The number of hydrogen-bond acceptors (Lipinski definition) is 0. The Morgan fingerprint density at radius 1 is 0.800 bits per heavy atom. The van der Waals surface area contributed by atoms with Crippen molar-refractivity contribution in [3.8, 4) is 0 Å². The summed E-state index contributed by atoms with van der Waals surface area (Å²) in [6, 6.07) is 0. The van der Waals surface area contributed by atoms with E-state index in [0.29, 0.717) is 5.41 Å². The van der Waals surface area contributed by atoms with Gasteiger partial charge in [-0.15, -0.1) is 0 Å². The third kappa shape index (κ3) is 80.6. The molecule has 0 aliphatic heterocycles. The van der Waals surface area contributed by atoms with Gasteiger partial charge in [0.25, 0.3) is 0 Å². The number of rotatable bonds is 1. The van der Waals surface area contributed by atoms with E-state index in [9.17, 15) is 0 Å². The van der Waals surface area contributed by atoms with E-state index < -0.39 is 0 Å². The predicted molar refractivity (Wildman–Crippen MR) is 77.6 cm³/mol. The Bertz CT molecular complexity index is 64.6. The minimum Gasteiger partial charge on any atom is -0.0683 e. The van der Waals surface area contributed by atoms with Crippen LogP contribution in [0.5, 0.6) is 0 Å². The number of hydrogen-bond donors (Lipinski definition) is 0. The van der Waals surface area contributed by atoms with E-state index in [-0.39, 0.29) is 0 Å². The molecule has 0 N–H and O–H groups in total. The lowest BCUT2D eigenvalue weighted by Crippen LogP contribution is -2.00. The predicted octanol–water partition coefficient (Wildman–Crippen LogP) is 6.55. The Morgan fingerprint density at radius 2 is 0.933 bits per heavy atom. The van der Waals surface area contributed by atoms with Gasteiger partial charge in [-0.05, 0) is 11.3 Å². The fourth-order valence-corrected chi connectivity index (χ4v) is 0. The summed E-state index contributed by atoms with van der Waals surface area (Å²) in [5.41, 5.74) is 0.542. The fraction of sp³-hybridized carbons (Fsp3) is 1.00. The van der Waals surface area contributed by atoms with E-state index in [0.717, 1.165) is 5.92 Å². The second-order valence-corrected chi connectivity index (χ2v) is 4.72. The van der Waals surface area contributed by atoms with Crippen molar-refractivity contribution in [2.75, 3.05) is 0 Å². The molecule has 0 aliphatic rings. The fourth-order valence-electron chi connectivity index (χ4n) is 0. The Kier molecular flexibility index (Phi) is 31.7. The van der Waals surface area contributed by atoms with E-state index in [4.69, 9.17) is 0 Å². The van der Waals surface area contributed by atoms with Crippen molar-refractivity contribution in [2.24, 2.45) is 11.3 Å². The van der Waals surface area contributed by atoms with E-state index in [1.54, 1.807) is 0 Å². The van der Waals surface area contributed by atoms with Crippen LogP contribution in [0.3, 0.4) is 0 Å². The SMILES string of the molecule is CC.CC.CCC(C)(C)C.CCC(C)C. The molecule has 0 aromatic carbocycles. The third-order valence-corrected chi connectivity index (χ3v) is 1.88. The summed E-state index contributed by atoms with van der Waals surface area (Å²) in [6.45, 7) is 23.6. The van der Waals surface area contributed by atoms with Crippen LogP contribution in [0.25, 0.3) is 0 Å². The summed E-state index contributed by atoms with van der Waals surface area (Å²) in [7, 11) is 0. The van der Waals surface area contributed by atoms with Gasteiger partial charge < -0.3 is 0 Å². The third-order valence-electron chi connectivity index (χ3n) is 1.88. The van der Waals surface area contributed by atoms with Crippen molar-refractivity contribution in [3.63, 3.8) is 0 Å². The maximum atomic E-state index is 2.24. The molecule has 98 valence electrons. The quantitative estimate of drug-likeness (QED) is 0.468. The van der Waals surface area contributed by atoms with Gasteiger partial charge in [-0.1, -0.05) is 89.0 Å². The highest BCUT2D eigenvalue weighted by Crippen LogP contribution is 2.16. The summed E-state index contributed by atoms with van der Waals surface area (Å²) in [5.74, 6) is 0.884. The van der Waals surface area contributed by atoms with Crippen molar-refractivity contribution in [1.82, 2.24) is 0 Å². The standard InChI is InChI=1S/C6H14.C5H12.2C2H6/c1-5-6(2,3)4;1-4-5(2)3;2*1-2/h5H2,1-4H3;5H,4H2,1-3H3;2*1-2H3. The summed E-state index contributed by atoms with van der Waals surface area (Å²) in [5, 5.41) is 0. The van der Waals surface area contributed by atoms with Gasteiger partial charge in [0, 0.05) is 0 Å². The molecule has 0 fully saturated rings.